The van der Waals surface area contributed by atoms with Crippen LogP contribution in [0.25, 0.3) is 5.70 Å². The molecular weight excluding hydrogens is 366 g/mol. The van der Waals surface area contributed by atoms with Gasteiger partial charge >= 0.3 is 0 Å². The van der Waals surface area contributed by atoms with Crippen molar-refractivity contribution in [3.63, 3.8) is 0 Å². The Hall–Kier alpha value is -3.20. The first-order valence-corrected chi connectivity index (χ1v) is 8.64. The predicted molar refractivity (Wildman–Crippen MR) is 103 cm³/mol. The van der Waals surface area contributed by atoms with Gasteiger partial charge in [0.2, 0.25) is 0 Å². The van der Waals surface area contributed by atoms with Gasteiger partial charge in [-0.15, -0.1) is 0 Å². The number of allylic oxidation sites excluding steroid dienone is 1. The van der Waals surface area contributed by atoms with Crippen LogP contribution in [0.2, 0.25) is 0 Å². The van der Waals surface area contributed by atoms with Crippen molar-refractivity contribution in [3.05, 3.63) is 59.6 Å². The third-order valence-corrected chi connectivity index (χ3v) is 4.22. The molecule has 2 heterocycles. The Kier molecular flexibility index (Phi) is 5.74. The van der Waals surface area contributed by atoms with E-state index in [2.05, 4.69) is 15.0 Å². The summed E-state index contributed by atoms with van der Waals surface area (Å²) >= 11 is 0. The van der Waals surface area contributed by atoms with Gasteiger partial charge < -0.3 is 16.4 Å². The van der Waals surface area contributed by atoms with Crippen LogP contribution < -0.4 is 16.4 Å². The van der Waals surface area contributed by atoms with Crippen molar-refractivity contribution in [2.45, 2.75) is 19.5 Å². The number of ketones is 1. The maximum Gasteiger partial charge on any atom is 0.183 e. The molecule has 0 aliphatic carbocycles. The molecule has 3 rings (SSSR count). The molecule has 4 N–H and O–H groups in total. The number of nitrogens with two attached hydrogens (primary N) is 2. The molecule has 0 radical (unpaired) electrons. The zero-order valence-electron chi connectivity index (χ0n) is 15.3. The Morgan fingerprint density at radius 2 is 2.04 bits per heavy atom. The Morgan fingerprint density at radius 1 is 1.32 bits per heavy atom. The fraction of sp³-hybridized carbons (Fsp3) is 0.263. The SMILES string of the molecule is CC(=O)C(C=C(N)c1ncc(F)c(N2CC(N)C2)n1)=NCc1ccccc1F. The molecule has 1 aliphatic heterocycles. The molecule has 0 atom stereocenters. The average Bonchev–Trinajstić information content (AvgIpc) is 2.64. The number of aliphatic imine (C=N–C) groups is 1. The lowest BCUT2D eigenvalue weighted by atomic mass is 10.1. The fourth-order valence-corrected chi connectivity index (χ4v) is 2.67. The van der Waals surface area contributed by atoms with Crippen molar-refractivity contribution in [1.29, 1.82) is 0 Å². The third kappa shape index (κ3) is 4.37. The number of benzene rings is 1. The number of carbonyl (C=O) groups is 1. The van der Waals surface area contributed by atoms with Crippen LogP contribution in [0, 0.1) is 11.6 Å². The average molecular weight is 386 g/mol. The van der Waals surface area contributed by atoms with E-state index in [-0.39, 0.29) is 41.4 Å². The van der Waals surface area contributed by atoms with Gasteiger partial charge in [-0.2, -0.15) is 0 Å². The molecule has 9 heteroatoms. The quantitative estimate of drug-likeness (QED) is 0.727. The summed E-state index contributed by atoms with van der Waals surface area (Å²) in [7, 11) is 0. The molecule has 2 aromatic rings. The van der Waals surface area contributed by atoms with E-state index in [1.807, 2.05) is 0 Å². The molecule has 0 saturated carbocycles. The highest BCUT2D eigenvalue weighted by molar-refractivity contribution is 6.44. The van der Waals surface area contributed by atoms with E-state index < -0.39 is 11.6 Å². The molecule has 146 valence electrons. The highest BCUT2D eigenvalue weighted by Gasteiger charge is 2.27. The van der Waals surface area contributed by atoms with Gasteiger partial charge in [0, 0.05) is 31.6 Å². The molecule has 0 amide bonds. The van der Waals surface area contributed by atoms with Crippen molar-refractivity contribution in [2.75, 3.05) is 18.0 Å². The molecule has 1 aromatic carbocycles. The number of Topliss-reactive ketones (excluding diaryl/α,β-unsaturated/α-hetero) is 1. The zero-order valence-corrected chi connectivity index (χ0v) is 15.3. The number of halogens is 2. The Labute approximate surface area is 160 Å². The van der Waals surface area contributed by atoms with Crippen molar-refractivity contribution in [1.82, 2.24) is 9.97 Å². The van der Waals surface area contributed by atoms with E-state index in [0.717, 1.165) is 6.20 Å². The number of rotatable bonds is 6. The molecule has 0 bridgehead atoms. The number of aromatic nitrogens is 2. The summed E-state index contributed by atoms with van der Waals surface area (Å²) in [5.41, 5.74) is 12.2. The molecule has 0 unspecified atom stereocenters. The normalized spacial score (nSPS) is 15.5. The van der Waals surface area contributed by atoms with Crippen molar-refractivity contribution in [2.24, 2.45) is 16.5 Å². The van der Waals surface area contributed by atoms with Crippen LogP contribution in [0.1, 0.15) is 18.3 Å². The molecule has 7 nitrogen and oxygen atoms in total. The topological polar surface area (TPSA) is 110 Å². The first kappa shape index (κ1) is 19.6. The number of nitrogens with zero attached hydrogens (tertiary/aromatic N) is 4. The van der Waals surface area contributed by atoms with Crippen molar-refractivity contribution in [3.8, 4) is 0 Å². The monoisotopic (exact) mass is 386 g/mol. The summed E-state index contributed by atoms with van der Waals surface area (Å²) in [6, 6.07) is 6.12. The summed E-state index contributed by atoms with van der Waals surface area (Å²) in [6.07, 6.45) is 2.33. The molecule has 28 heavy (non-hydrogen) atoms. The minimum atomic E-state index is -0.580. The second-order valence-corrected chi connectivity index (χ2v) is 6.48. The second kappa shape index (κ2) is 8.22. The summed E-state index contributed by atoms with van der Waals surface area (Å²) < 4.78 is 27.7. The van der Waals surface area contributed by atoms with Gasteiger partial charge in [0.1, 0.15) is 11.5 Å². The summed E-state index contributed by atoms with van der Waals surface area (Å²) in [5.74, 6) is -1.17. The Balaban J connectivity index is 1.85. The van der Waals surface area contributed by atoms with E-state index in [0.29, 0.717) is 18.7 Å². The van der Waals surface area contributed by atoms with Gasteiger partial charge in [-0.3, -0.25) is 9.79 Å². The minimum Gasteiger partial charge on any atom is -0.396 e. The zero-order chi connectivity index (χ0) is 20.3. The van der Waals surface area contributed by atoms with E-state index in [4.69, 9.17) is 11.5 Å². The number of hydrogen-bond donors (Lipinski definition) is 2. The van der Waals surface area contributed by atoms with Gasteiger partial charge in [0.25, 0.3) is 0 Å². The lowest BCUT2D eigenvalue weighted by Crippen LogP contribution is -2.56. The maximum absolute atomic E-state index is 14.0. The van der Waals surface area contributed by atoms with Crippen LogP contribution in [-0.4, -0.2) is 40.6 Å². The maximum atomic E-state index is 14.0. The Bertz CT molecular complexity index is 953. The lowest BCUT2D eigenvalue weighted by Gasteiger charge is -2.37. The molecule has 1 aliphatic rings. The van der Waals surface area contributed by atoms with Crippen LogP contribution >= 0.6 is 0 Å². The first-order chi connectivity index (χ1) is 13.3. The first-order valence-electron chi connectivity index (χ1n) is 8.64. The fourth-order valence-electron chi connectivity index (χ4n) is 2.67. The van der Waals surface area contributed by atoms with Crippen LogP contribution in [0.3, 0.4) is 0 Å². The van der Waals surface area contributed by atoms with Crippen LogP contribution in [0.5, 0.6) is 0 Å². The summed E-state index contributed by atoms with van der Waals surface area (Å²) in [6.45, 7) is 2.27. The van der Waals surface area contributed by atoms with E-state index in [1.165, 1.54) is 19.1 Å². The molecular formula is C19H20F2N6O. The van der Waals surface area contributed by atoms with Gasteiger partial charge in [0.15, 0.2) is 23.2 Å². The number of hydrogen-bond acceptors (Lipinski definition) is 7. The largest absolute Gasteiger partial charge is 0.396 e. The van der Waals surface area contributed by atoms with E-state index in [1.54, 1.807) is 23.1 Å². The third-order valence-electron chi connectivity index (χ3n) is 4.22. The second-order valence-electron chi connectivity index (χ2n) is 6.48. The molecule has 1 saturated heterocycles. The van der Waals surface area contributed by atoms with E-state index >= 15 is 0 Å². The number of carbonyl (C=O) groups excluding carboxylic acids is 1. The molecule has 1 aromatic heterocycles. The van der Waals surface area contributed by atoms with Gasteiger partial charge in [-0.05, 0) is 12.1 Å². The van der Waals surface area contributed by atoms with Gasteiger partial charge in [0.05, 0.1) is 18.4 Å². The molecule has 1 fully saturated rings. The van der Waals surface area contributed by atoms with E-state index in [9.17, 15) is 13.6 Å². The summed E-state index contributed by atoms with van der Waals surface area (Å²) in [5, 5.41) is 0. The van der Waals surface area contributed by atoms with Gasteiger partial charge in [-0.25, -0.2) is 18.7 Å². The smallest absolute Gasteiger partial charge is 0.183 e. The predicted octanol–water partition coefficient (Wildman–Crippen LogP) is 1.43. The number of anilines is 1. The summed E-state index contributed by atoms with van der Waals surface area (Å²) in [4.78, 5) is 25.7. The van der Waals surface area contributed by atoms with Crippen molar-refractivity contribution >= 4 is 23.0 Å². The highest BCUT2D eigenvalue weighted by Crippen LogP contribution is 2.21. The standard InChI is InChI=1S/C19H20F2N6O/c1-11(28)17(24-7-12-4-2-3-5-14(12)20)6-16(23)18-25-8-15(21)19(26-18)27-9-13(22)10-27/h2-6,8,13H,7,9-10,22-23H2,1H3. The van der Waals surface area contributed by atoms with Crippen LogP contribution in [-0.2, 0) is 11.3 Å². The minimum absolute atomic E-state index is 0.0213. The van der Waals surface area contributed by atoms with Gasteiger partial charge in [-0.1, -0.05) is 18.2 Å². The van der Waals surface area contributed by atoms with Crippen LogP contribution in [0.4, 0.5) is 14.6 Å². The lowest BCUT2D eigenvalue weighted by molar-refractivity contribution is -0.111. The highest BCUT2D eigenvalue weighted by atomic mass is 19.1. The van der Waals surface area contributed by atoms with Crippen molar-refractivity contribution < 1.29 is 13.6 Å². The Morgan fingerprint density at radius 3 is 2.68 bits per heavy atom. The molecule has 0 spiro atoms. The van der Waals surface area contributed by atoms with Crippen LogP contribution in [0.15, 0.2) is 41.5 Å².